The van der Waals surface area contributed by atoms with E-state index in [2.05, 4.69) is 11.4 Å². The van der Waals surface area contributed by atoms with E-state index in [0.717, 1.165) is 45.3 Å². The Labute approximate surface area is 165 Å². The third-order valence-corrected chi connectivity index (χ3v) is 5.00. The van der Waals surface area contributed by atoms with E-state index < -0.39 is 0 Å². The van der Waals surface area contributed by atoms with Crippen molar-refractivity contribution in [1.29, 1.82) is 0 Å². The minimum Gasteiger partial charge on any atom is 0 e. The van der Waals surface area contributed by atoms with E-state index in [1.54, 1.807) is 0 Å². The second-order valence-corrected chi connectivity index (χ2v) is 6.96. The van der Waals surface area contributed by atoms with Gasteiger partial charge in [-0.05, 0) is 0 Å². The maximum Gasteiger partial charge on any atom is 0 e. The van der Waals surface area contributed by atoms with Crippen LogP contribution in [0.25, 0.3) is 10.1 Å². The second kappa shape index (κ2) is 8.58. The Bertz CT molecular complexity index is 727. The van der Waals surface area contributed by atoms with Gasteiger partial charge in [0, 0.05) is 32.7 Å². The van der Waals surface area contributed by atoms with E-state index >= 15 is 0 Å². The number of rotatable bonds is 5. The summed E-state index contributed by atoms with van der Waals surface area (Å²) in [5, 5.41) is 4.13. The summed E-state index contributed by atoms with van der Waals surface area (Å²) < 4.78 is 1.87. The molecule has 2 rings (SSSR count). The first-order valence-corrected chi connectivity index (χ1v) is 8.60. The third-order valence-electron chi connectivity index (χ3n) is 2.98. The number of Topliss-reactive ketones (excluding diaryl/α,β-unsaturated/α-hetero) is 1. The van der Waals surface area contributed by atoms with E-state index in [1.165, 1.54) is 16.9 Å². The average Bonchev–Trinajstić information content (AvgIpc) is 2.86. The van der Waals surface area contributed by atoms with E-state index in [1.807, 2.05) is 38.1 Å². The Morgan fingerprint density at radius 3 is 2.81 bits per heavy atom. The largest absolute Gasteiger partial charge is 0 e. The second-order valence-electron chi connectivity index (χ2n) is 4.53. The Morgan fingerprint density at radius 1 is 1.43 bits per heavy atom. The molecule has 0 fully saturated rings. The monoisotopic (exact) mass is 539 g/mol. The Kier molecular flexibility index (Phi) is 7.78. The van der Waals surface area contributed by atoms with Crippen molar-refractivity contribution in [1.82, 2.24) is 0 Å². The van der Waals surface area contributed by atoms with Crippen LogP contribution in [0.3, 0.4) is 0 Å². The Balaban J connectivity index is 0.00000220. The van der Waals surface area contributed by atoms with Gasteiger partial charge in [0.2, 0.25) is 0 Å². The number of hydrogen-bond donors (Lipinski definition) is 0. The van der Waals surface area contributed by atoms with Gasteiger partial charge in [-0.1, -0.05) is 0 Å². The SMILES string of the molecule is [CH-]=C(C=C[C](=[W])C(=O)c1[c-]sc2cc(C)ccc12)CC.[Y]. The van der Waals surface area contributed by atoms with Crippen LogP contribution in [0.5, 0.6) is 0 Å². The molecule has 0 atom stereocenters. The van der Waals surface area contributed by atoms with E-state index in [4.69, 9.17) is 6.58 Å². The number of carbonyl (C=O) groups excluding carboxylic acids is 1. The molecule has 0 saturated heterocycles. The summed E-state index contributed by atoms with van der Waals surface area (Å²) in [5.41, 5.74) is 2.66. The molecule has 1 radical (unpaired) electrons. The quantitative estimate of drug-likeness (QED) is 0.316. The standard InChI is InChI=1S/C17H14OS.W.Y/c1-4-12(2)6-5-7-16(18)15-11-19-17-10-13(3)8-9-14(15)17;;/h2,5-6,8-10H,4H2,1,3H3;;/q-2;;. The number of fused-ring (bicyclic) bond motifs is 1. The molecule has 2 aromatic rings. The number of thiophene rings is 1. The first-order chi connectivity index (χ1) is 9.52. The Morgan fingerprint density at radius 2 is 2.14 bits per heavy atom. The van der Waals surface area contributed by atoms with Crippen LogP contribution in [0, 0.1) is 18.9 Å². The topological polar surface area (TPSA) is 17.1 Å². The van der Waals surface area contributed by atoms with E-state index in [0.29, 0.717) is 5.56 Å². The molecular weight excluding hydrogens is 525 g/mol. The number of benzene rings is 1. The molecule has 21 heavy (non-hydrogen) atoms. The fraction of sp³-hybridized carbons (Fsp3) is 0.176. The predicted octanol–water partition coefficient (Wildman–Crippen LogP) is 4.23. The summed E-state index contributed by atoms with van der Waals surface area (Å²) in [6.07, 6.45) is 4.43. The molecule has 0 amide bonds. The summed E-state index contributed by atoms with van der Waals surface area (Å²) in [6, 6.07) is 6.12. The van der Waals surface area contributed by atoms with Crippen molar-refractivity contribution in [2.24, 2.45) is 0 Å². The molecule has 0 saturated carbocycles. The van der Waals surface area contributed by atoms with Gasteiger partial charge in [0.25, 0.3) is 0 Å². The zero-order valence-electron chi connectivity index (χ0n) is 12.0. The summed E-state index contributed by atoms with van der Waals surface area (Å²) in [4.78, 5) is 12.5. The van der Waals surface area contributed by atoms with Gasteiger partial charge in [-0.2, -0.15) is 0 Å². The summed E-state index contributed by atoms with van der Waals surface area (Å²) in [5.74, 6) is 0.0512. The maximum absolute atomic E-state index is 12.5. The zero-order chi connectivity index (χ0) is 14.7. The molecule has 0 aliphatic carbocycles. The van der Waals surface area contributed by atoms with Crippen LogP contribution in [-0.2, 0) is 52.1 Å². The zero-order valence-corrected chi connectivity index (χ0v) is 18.6. The Hall–Kier alpha value is -0.00779. The van der Waals surface area contributed by atoms with Crippen molar-refractivity contribution >= 4 is 31.1 Å². The van der Waals surface area contributed by atoms with Gasteiger partial charge < -0.3 is 0 Å². The van der Waals surface area contributed by atoms with Gasteiger partial charge in [0.1, 0.15) is 0 Å². The van der Waals surface area contributed by atoms with Crippen molar-refractivity contribution in [2.45, 2.75) is 20.3 Å². The van der Waals surface area contributed by atoms with Gasteiger partial charge in [-0.3, -0.25) is 0 Å². The fourth-order valence-corrected chi connectivity index (χ4v) is 3.30. The van der Waals surface area contributed by atoms with Gasteiger partial charge in [-0.25, -0.2) is 0 Å². The summed E-state index contributed by atoms with van der Waals surface area (Å²) in [7, 11) is 0. The van der Waals surface area contributed by atoms with Crippen molar-refractivity contribution in [3.05, 3.63) is 59.0 Å². The van der Waals surface area contributed by atoms with Crippen molar-refractivity contribution in [3.63, 3.8) is 0 Å². The van der Waals surface area contributed by atoms with Crippen LogP contribution in [0.15, 0.2) is 35.9 Å². The van der Waals surface area contributed by atoms with Crippen LogP contribution in [0.2, 0.25) is 0 Å². The number of aryl methyl sites for hydroxylation is 1. The molecule has 1 aromatic carbocycles. The minimum absolute atomic E-state index is 0. The van der Waals surface area contributed by atoms with Crippen molar-refractivity contribution in [3.8, 4) is 0 Å². The van der Waals surface area contributed by atoms with Crippen LogP contribution >= 0.6 is 11.3 Å². The smallest absolute Gasteiger partial charge is 0 e. The molecule has 0 aliphatic heterocycles. The number of carbonyl (C=O) groups is 1. The normalized spacial score (nSPS) is 10.6. The summed E-state index contributed by atoms with van der Waals surface area (Å²) in [6.45, 7) is 9.80. The van der Waals surface area contributed by atoms with Gasteiger partial charge >= 0.3 is 135 Å². The molecule has 0 N–H and O–H groups in total. The number of allylic oxidation sites excluding steroid dienone is 3. The van der Waals surface area contributed by atoms with Crippen LogP contribution < -0.4 is 0 Å². The molecule has 1 nitrogen and oxygen atoms in total. The molecule has 1 heterocycles. The van der Waals surface area contributed by atoms with E-state index in [9.17, 15) is 4.79 Å². The van der Waals surface area contributed by atoms with Gasteiger partial charge in [-0.15, -0.1) is 0 Å². The van der Waals surface area contributed by atoms with Crippen LogP contribution in [0.1, 0.15) is 29.3 Å². The van der Waals surface area contributed by atoms with Crippen molar-refractivity contribution in [2.75, 3.05) is 0 Å². The molecule has 0 unspecified atom stereocenters. The van der Waals surface area contributed by atoms with E-state index in [-0.39, 0.29) is 38.5 Å². The third kappa shape index (κ3) is 4.73. The van der Waals surface area contributed by atoms with Crippen LogP contribution in [0.4, 0.5) is 0 Å². The van der Waals surface area contributed by atoms with Gasteiger partial charge in [0.15, 0.2) is 0 Å². The molecular formula is C17H14OSWY-2. The molecule has 4 heteroatoms. The average molecular weight is 539 g/mol. The first kappa shape index (κ1) is 19.0. The summed E-state index contributed by atoms with van der Waals surface area (Å²) >= 11 is 2.64. The molecule has 0 aliphatic rings. The molecule has 0 spiro atoms. The first-order valence-electron chi connectivity index (χ1n) is 6.31. The van der Waals surface area contributed by atoms with Gasteiger partial charge in [0.05, 0.1) is 0 Å². The predicted molar refractivity (Wildman–Crippen MR) is 82.0 cm³/mol. The maximum atomic E-state index is 12.5. The number of ketones is 1. The fourth-order valence-electron chi connectivity index (χ4n) is 1.75. The molecule has 0 bridgehead atoms. The van der Waals surface area contributed by atoms with Crippen molar-refractivity contribution < 1.29 is 56.9 Å². The van der Waals surface area contributed by atoms with Crippen LogP contribution in [-0.4, -0.2) is 9.68 Å². The number of hydrogen-bond acceptors (Lipinski definition) is 2. The minimum atomic E-state index is 0. The molecule has 105 valence electrons. The molecule has 1 aromatic heterocycles.